The quantitative estimate of drug-likeness (QED) is 0.465. The first kappa shape index (κ1) is 25.5. The third-order valence-electron chi connectivity index (χ3n) is 7.68. The summed E-state index contributed by atoms with van der Waals surface area (Å²) in [4.78, 5) is 16.1. The lowest BCUT2D eigenvalue weighted by Gasteiger charge is -2.37. The Balaban J connectivity index is 1.41. The zero-order valence-corrected chi connectivity index (χ0v) is 23.0. The van der Waals surface area contributed by atoms with Crippen LogP contribution in [-0.4, -0.2) is 64.2 Å². The number of anilines is 2. The standard InChI is InChI=1S/C25H40N8OSi/c1-7-20-23(26)31-21-19(15-28-24(27)22(21)30-20)17-14-29-33(16-17)18-8-10-32(11-9-18)12-13-34-35(5,6)25(2,3)4/h14-16,18H,7-13H2,1-6H3,(H2,26,31)(H2,27,28). The van der Waals surface area contributed by atoms with Gasteiger partial charge in [0.1, 0.15) is 16.9 Å². The fourth-order valence-electron chi connectivity index (χ4n) is 4.31. The van der Waals surface area contributed by atoms with E-state index >= 15 is 0 Å². The van der Waals surface area contributed by atoms with Gasteiger partial charge in [0.15, 0.2) is 14.1 Å². The van der Waals surface area contributed by atoms with Crippen molar-refractivity contribution in [3.63, 3.8) is 0 Å². The van der Waals surface area contributed by atoms with Crippen LogP contribution in [0.4, 0.5) is 11.6 Å². The molecule has 35 heavy (non-hydrogen) atoms. The van der Waals surface area contributed by atoms with E-state index in [4.69, 9.17) is 15.9 Å². The molecule has 1 fully saturated rings. The van der Waals surface area contributed by atoms with Crippen LogP contribution < -0.4 is 11.5 Å². The number of nitrogens with zero attached hydrogens (tertiary/aromatic N) is 6. The zero-order chi connectivity index (χ0) is 25.4. The highest BCUT2D eigenvalue weighted by Gasteiger charge is 2.37. The molecule has 0 amide bonds. The van der Waals surface area contributed by atoms with Gasteiger partial charge < -0.3 is 20.8 Å². The average Bonchev–Trinajstić information content (AvgIpc) is 3.28. The Morgan fingerprint density at radius 1 is 1.06 bits per heavy atom. The highest BCUT2D eigenvalue weighted by molar-refractivity contribution is 6.74. The summed E-state index contributed by atoms with van der Waals surface area (Å²) >= 11 is 0. The van der Waals surface area contributed by atoms with Crippen LogP contribution in [0.25, 0.3) is 22.2 Å². The van der Waals surface area contributed by atoms with E-state index in [2.05, 4.69) is 69.7 Å². The van der Waals surface area contributed by atoms with E-state index < -0.39 is 8.32 Å². The van der Waals surface area contributed by atoms with Gasteiger partial charge in [-0.3, -0.25) is 4.68 Å². The van der Waals surface area contributed by atoms with E-state index in [1.54, 1.807) is 6.20 Å². The maximum absolute atomic E-state index is 6.37. The summed E-state index contributed by atoms with van der Waals surface area (Å²) in [5.41, 5.74) is 16.0. The molecule has 10 heteroatoms. The molecule has 4 heterocycles. The Kier molecular flexibility index (Phi) is 7.17. The number of aryl methyl sites for hydroxylation is 1. The van der Waals surface area contributed by atoms with E-state index in [1.165, 1.54) is 0 Å². The number of nitrogens with two attached hydrogens (primary N) is 2. The van der Waals surface area contributed by atoms with Gasteiger partial charge in [-0.1, -0.05) is 27.7 Å². The summed E-state index contributed by atoms with van der Waals surface area (Å²) in [6.45, 7) is 17.4. The summed E-state index contributed by atoms with van der Waals surface area (Å²) < 4.78 is 8.45. The molecular formula is C25H40N8OSi. The van der Waals surface area contributed by atoms with E-state index in [1.807, 2.05) is 13.1 Å². The smallest absolute Gasteiger partial charge is 0.192 e. The fraction of sp³-hybridized carbons (Fsp3) is 0.600. The Morgan fingerprint density at radius 2 is 1.77 bits per heavy atom. The van der Waals surface area contributed by atoms with Crippen LogP contribution in [0.15, 0.2) is 18.6 Å². The maximum atomic E-state index is 6.37. The summed E-state index contributed by atoms with van der Waals surface area (Å²) in [7, 11) is -1.69. The molecule has 0 aliphatic carbocycles. The number of pyridine rings is 1. The fourth-order valence-corrected chi connectivity index (χ4v) is 5.34. The van der Waals surface area contributed by atoms with Gasteiger partial charge in [0.05, 0.1) is 17.9 Å². The molecule has 190 valence electrons. The number of aromatic nitrogens is 5. The first-order valence-corrected chi connectivity index (χ1v) is 15.5. The van der Waals surface area contributed by atoms with E-state index in [9.17, 15) is 0 Å². The average molecular weight is 497 g/mol. The Bertz CT molecular complexity index is 1180. The molecule has 0 saturated carbocycles. The van der Waals surface area contributed by atoms with Gasteiger partial charge >= 0.3 is 0 Å². The number of hydrogen-bond acceptors (Lipinski definition) is 8. The number of hydrogen-bond donors (Lipinski definition) is 2. The Labute approximate surface area is 209 Å². The molecule has 0 aromatic carbocycles. The first-order valence-electron chi connectivity index (χ1n) is 12.6. The Hall–Kier alpha value is -2.56. The van der Waals surface area contributed by atoms with Gasteiger partial charge in [-0.25, -0.2) is 15.0 Å². The van der Waals surface area contributed by atoms with Crippen molar-refractivity contribution in [3.05, 3.63) is 24.3 Å². The van der Waals surface area contributed by atoms with Crippen molar-refractivity contribution in [2.45, 2.75) is 71.1 Å². The molecule has 9 nitrogen and oxygen atoms in total. The minimum Gasteiger partial charge on any atom is -0.416 e. The van der Waals surface area contributed by atoms with Crippen LogP contribution in [0.2, 0.25) is 18.1 Å². The van der Waals surface area contributed by atoms with Crippen LogP contribution in [0, 0.1) is 0 Å². The lowest BCUT2D eigenvalue weighted by atomic mass is 10.1. The van der Waals surface area contributed by atoms with E-state index in [0.717, 1.165) is 55.9 Å². The van der Waals surface area contributed by atoms with Gasteiger partial charge in [0.25, 0.3) is 0 Å². The van der Waals surface area contributed by atoms with Crippen LogP contribution >= 0.6 is 0 Å². The molecule has 1 aliphatic heterocycles. The summed E-state index contributed by atoms with van der Waals surface area (Å²) in [5, 5.41) is 4.94. The molecular weight excluding hydrogens is 456 g/mol. The van der Waals surface area contributed by atoms with Crippen molar-refractivity contribution in [2.24, 2.45) is 0 Å². The van der Waals surface area contributed by atoms with Crippen molar-refractivity contribution in [2.75, 3.05) is 37.7 Å². The highest BCUT2D eigenvalue weighted by Crippen LogP contribution is 2.36. The molecule has 0 bridgehead atoms. The molecule has 3 aromatic heterocycles. The second-order valence-electron chi connectivity index (χ2n) is 11.1. The molecule has 0 atom stereocenters. The molecule has 0 spiro atoms. The molecule has 0 unspecified atom stereocenters. The van der Waals surface area contributed by atoms with Crippen LogP contribution in [0.5, 0.6) is 0 Å². The number of likely N-dealkylation sites (tertiary alicyclic amines) is 1. The van der Waals surface area contributed by atoms with Gasteiger partial charge in [-0.05, 0) is 37.4 Å². The summed E-state index contributed by atoms with van der Waals surface area (Å²) in [5.74, 6) is 0.799. The van der Waals surface area contributed by atoms with Gasteiger partial charge in [-0.15, -0.1) is 0 Å². The van der Waals surface area contributed by atoms with Gasteiger partial charge in [0.2, 0.25) is 0 Å². The first-order chi connectivity index (χ1) is 16.5. The van der Waals surface area contributed by atoms with Crippen molar-refractivity contribution in [1.29, 1.82) is 0 Å². The molecule has 4 rings (SSSR count). The van der Waals surface area contributed by atoms with Crippen molar-refractivity contribution in [3.8, 4) is 11.1 Å². The van der Waals surface area contributed by atoms with Crippen LogP contribution in [0.3, 0.4) is 0 Å². The normalized spacial score (nSPS) is 16.3. The minimum atomic E-state index is -1.69. The predicted molar refractivity (Wildman–Crippen MR) is 145 cm³/mol. The van der Waals surface area contributed by atoms with Gasteiger partial charge in [0, 0.05) is 49.8 Å². The van der Waals surface area contributed by atoms with E-state index in [0.29, 0.717) is 35.1 Å². The third-order valence-corrected chi connectivity index (χ3v) is 12.2. The van der Waals surface area contributed by atoms with Crippen molar-refractivity contribution in [1.82, 2.24) is 29.6 Å². The molecule has 3 aromatic rings. The lowest BCUT2D eigenvalue weighted by Crippen LogP contribution is -2.44. The van der Waals surface area contributed by atoms with Crippen molar-refractivity contribution < 1.29 is 4.43 Å². The monoisotopic (exact) mass is 496 g/mol. The van der Waals surface area contributed by atoms with Crippen LogP contribution in [0.1, 0.15) is 52.3 Å². The molecule has 4 N–H and O–H groups in total. The highest BCUT2D eigenvalue weighted by atomic mass is 28.4. The number of nitrogen functional groups attached to an aromatic ring is 2. The van der Waals surface area contributed by atoms with E-state index in [-0.39, 0.29) is 5.04 Å². The SMILES string of the molecule is CCc1nc2c(N)ncc(-c3cnn(C4CCN(CCO[Si](C)(C)C(C)(C)C)CC4)c3)c2nc1N. The van der Waals surface area contributed by atoms with Crippen LogP contribution in [-0.2, 0) is 10.8 Å². The predicted octanol–water partition coefficient (Wildman–Crippen LogP) is 4.27. The summed E-state index contributed by atoms with van der Waals surface area (Å²) in [6, 6.07) is 0.372. The largest absolute Gasteiger partial charge is 0.416 e. The number of rotatable bonds is 7. The minimum absolute atomic E-state index is 0.249. The van der Waals surface area contributed by atoms with Gasteiger partial charge in [-0.2, -0.15) is 5.10 Å². The zero-order valence-electron chi connectivity index (χ0n) is 22.0. The topological polar surface area (TPSA) is 121 Å². The number of piperidine rings is 1. The number of fused-ring (bicyclic) bond motifs is 1. The maximum Gasteiger partial charge on any atom is 0.192 e. The lowest BCUT2D eigenvalue weighted by molar-refractivity contribution is 0.148. The second-order valence-corrected chi connectivity index (χ2v) is 15.9. The third kappa shape index (κ3) is 5.34. The van der Waals surface area contributed by atoms with Crippen molar-refractivity contribution >= 4 is 31.0 Å². The molecule has 1 aliphatic rings. The molecule has 0 radical (unpaired) electrons. The summed E-state index contributed by atoms with van der Waals surface area (Å²) in [6.07, 6.45) is 8.52. The second kappa shape index (κ2) is 9.83. The Morgan fingerprint density at radius 3 is 2.43 bits per heavy atom. The molecule has 1 saturated heterocycles.